The van der Waals surface area contributed by atoms with Crippen molar-refractivity contribution in [1.29, 1.82) is 5.26 Å². The molecule has 8 heteroatoms. The molecular formula is C16H15F3N4O. The molecule has 0 bridgehead atoms. The van der Waals surface area contributed by atoms with Gasteiger partial charge in [-0.3, -0.25) is 0 Å². The van der Waals surface area contributed by atoms with Crippen molar-refractivity contribution in [2.45, 2.75) is 20.0 Å². The molecular weight excluding hydrogens is 321 g/mol. The molecule has 24 heavy (non-hydrogen) atoms. The first-order valence-electron chi connectivity index (χ1n) is 7.11. The second-order valence-corrected chi connectivity index (χ2v) is 5.01. The number of ether oxygens (including phenoxy) is 1. The molecule has 5 nitrogen and oxygen atoms in total. The van der Waals surface area contributed by atoms with Crippen molar-refractivity contribution in [3.8, 4) is 11.8 Å². The van der Waals surface area contributed by atoms with Crippen molar-refractivity contribution in [3.63, 3.8) is 0 Å². The smallest absolute Gasteiger partial charge is 0.419 e. The molecule has 0 amide bonds. The van der Waals surface area contributed by atoms with Crippen molar-refractivity contribution in [2.75, 3.05) is 18.5 Å². The van der Waals surface area contributed by atoms with E-state index < -0.39 is 11.7 Å². The normalized spacial score (nSPS) is 11.0. The lowest BCUT2D eigenvalue weighted by atomic mass is 10.1. The van der Waals surface area contributed by atoms with Crippen LogP contribution in [-0.2, 0) is 6.18 Å². The third-order valence-corrected chi connectivity index (χ3v) is 3.41. The van der Waals surface area contributed by atoms with Gasteiger partial charge in [-0.2, -0.15) is 23.5 Å². The number of nitrogens with zero attached hydrogens (tertiary/aromatic N) is 3. The number of benzene rings is 1. The van der Waals surface area contributed by atoms with E-state index >= 15 is 0 Å². The van der Waals surface area contributed by atoms with E-state index in [-0.39, 0.29) is 24.7 Å². The van der Waals surface area contributed by atoms with Gasteiger partial charge in [0.25, 0.3) is 0 Å². The van der Waals surface area contributed by atoms with Crippen LogP contribution in [-0.4, -0.2) is 23.3 Å². The Kier molecular flexibility index (Phi) is 5.24. The first kappa shape index (κ1) is 17.5. The molecule has 0 saturated heterocycles. The number of hydrogen-bond acceptors (Lipinski definition) is 5. The van der Waals surface area contributed by atoms with Crippen LogP contribution in [0.2, 0.25) is 0 Å². The molecule has 1 heterocycles. The van der Waals surface area contributed by atoms with Gasteiger partial charge in [0, 0.05) is 0 Å². The number of nitriles is 1. The molecule has 1 N–H and O–H groups in total. The lowest BCUT2D eigenvalue weighted by molar-refractivity contribution is -0.138. The van der Waals surface area contributed by atoms with Crippen LogP contribution in [0.1, 0.15) is 22.4 Å². The molecule has 2 rings (SSSR count). The Hall–Kier alpha value is -2.82. The second-order valence-electron chi connectivity index (χ2n) is 5.01. The topological polar surface area (TPSA) is 70.8 Å². The molecule has 126 valence electrons. The van der Waals surface area contributed by atoms with Gasteiger partial charge < -0.3 is 10.1 Å². The third kappa shape index (κ3) is 3.93. The highest BCUT2D eigenvalue weighted by atomic mass is 19.4. The predicted octanol–water partition coefficient (Wildman–Crippen LogP) is 3.47. The van der Waals surface area contributed by atoms with Gasteiger partial charge in [-0.1, -0.05) is 12.1 Å². The largest absolute Gasteiger partial charge is 0.491 e. The molecule has 1 aromatic heterocycles. The van der Waals surface area contributed by atoms with Gasteiger partial charge >= 0.3 is 6.18 Å². The fourth-order valence-electron chi connectivity index (χ4n) is 2.03. The summed E-state index contributed by atoms with van der Waals surface area (Å²) in [6.45, 7) is 3.65. The van der Waals surface area contributed by atoms with Gasteiger partial charge in [-0.05, 0) is 31.5 Å². The Morgan fingerprint density at radius 2 is 1.92 bits per heavy atom. The molecule has 0 saturated carbocycles. The fraction of sp³-hybridized carbons (Fsp3) is 0.312. The molecule has 0 fully saturated rings. The summed E-state index contributed by atoms with van der Waals surface area (Å²) in [7, 11) is 0. The van der Waals surface area contributed by atoms with E-state index in [2.05, 4.69) is 15.5 Å². The highest BCUT2D eigenvalue weighted by molar-refractivity contribution is 5.55. The molecule has 0 atom stereocenters. The number of rotatable bonds is 5. The van der Waals surface area contributed by atoms with Crippen molar-refractivity contribution in [2.24, 2.45) is 0 Å². The number of alkyl halides is 3. The molecule has 0 radical (unpaired) electrons. The number of anilines is 1. The van der Waals surface area contributed by atoms with Crippen LogP contribution in [0.3, 0.4) is 0 Å². The third-order valence-electron chi connectivity index (χ3n) is 3.41. The number of aromatic nitrogens is 2. The van der Waals surface area contributed by atoms with Crippen LogP contribution in [0.25, 0.3) is 0 Å². The maximum Gasteiger partial charge on any atom is 0.419 e. The Morgan fingerprint density at radius 3 is 2.58 bits per heavy atom. The van der Waals surface area contributed by atoms with Gasteiger partial charge in [0.15, 0.2) is 5.82 Å². The first-order chi connectivity index (χ1) is 11.3. The maximum atomic E-state index is 12.9. The minimum Gasteiger partial charge on any atom is -0.491 e. The van der Waals surface area contributed by atoms with E-state index in [0.29, 0.717) is 16.8 Å². The molecule has 2 aromatic rings. The summed E-state index contributed by atoms with van der Waals surface area (Å²) in [6, 6.07) is 7.04. The summed E-state index contributed by atoms with van der Waals surface area (Å²) in [5, 5.41) is 19.8. The quantitative estimate of drug-likeness (QED) is 0.847. The van der Waals surface area contributed by atoms with E-state index in [1.54, 1.807) is 13.8 Å². The summed E-state index contributed by atoms with van der Waals surface area (Å²) in [5.41, 5.74) is 0.887. The second kappa shape index (κ2) is 7.17. The van der Waals surface area contributed by atoms with Crippen LogP contribution in [0.15, 0.2) is 24.3 Å². The summed E-state index contributed by atoms with van der Waals surface area (Å²) < 4.78 is 43.8. The zero-order valence-corrected chi connectivity index (χ0v) is 13.1. The predicted molar refractivity (Wildman–Crippen MR) is 81.6 cm³/mol. The minimum atomic E-state index is -4.47. The summed E-state index contributed by atoms with van der Waals surface area (Å²) >= 11 is 0. The lowest BCUT2D eigenvalue weighted by Crippen LogP contribution is -2.16. The monoisotopic (exact) mass is 336 g/mol. The van der Waals surface area contributed by atoms with Gasteiger partial charge in [-0.25, -0.2) is 0 Å². The average molecular weight is 336 g/mol. The van der Waals surface area contributed by atoms with Crippen molar-refractivity contribution in [3.05, 3.63) is 46.6 Å². The molecule has 0 aliphatic heterocycles. The molecule has 0 spiro atoms. The van der Waals surface area contributed by atoms with Crippen molar-refractivity contribution in [1.82, 2.24) is 10.2 Å². The zero-order chi connectivity index (χ0) is 17.7. The summed E-state index contributed by atoms with van der Waals surface area (Å²) in [5.74, 6) is 0.0479. The first-order valence-corrected chi connectivity index (χ1v) is 7.11. The lowest BCUT2D eigenvalue weighted by Gasteiger charge is -2.14. The summed E-state index contributed by atoms with van der Waals surface area (Å²) in [6.07, 6.45) is -4.47. The van der Waals surface area contributed by atoms with Gasteiger partial charge in [-0.15, -0.1) is 5.10 Å². The van der Waals surface area contributed by atoms with E-state index in [0.717, 1.165) is 6.07 Å². The number of aryl methyl sites for hydroxylation is 1. The molecule has 0 unspecified atom stereocenters. The van der Waals surface area contributed by atoms with Gasteiger partial charge in [0.05, 0.1) is 17.8 Å². The van der Waals surface area contributed by atoms with Crippen LogP contribution >= 0.6 is 0 Å². The SMILES string of the molecule is Cc1nnc(NCCOc2ccccc2C(F)(F)F)c(C#N)c1C. The average Bonchev–Trinajstić information content (AvgIpc) is 2.54. The number of nitrogens with one attached hydrogen (secondary N) is 1. The number of halogens is 3. The molecule has 0 aliphatic carbocycles. The van der Waals surface area contributed by atoms with Crippen molar-refractivity contribution >= 4 is 5.82 Å². The Labute approximate surface area is 137 Å². The number of hydrogen-bond donors (Lipinski definition) is 1. The highest BCUT2D eigenvalue weighted by Crippen LogP contribution is 2.35. The van der Waals surface area contributed by atoms with Crippen LogP contribution in [0.5, 0.6) is 5.75 Å². The maximum absolute atomic E-state index is 12.9. The Balaban J connectivity index is 2.00. The van der Waals surface area contributed by atoms with E-state index in [4.69, 9.17) is 4.74 Å². The zero-order valence-electron chi connectivity index (χ0n) is 13.1. The highest BCUT2D eigenvalue weighted by Gasteiger charge is 2.33. The minimum absolute atomic E-state index is 0.0213. The van der Waals surface area contributed by atoms with Gasteiger partial charge in [0.1, 0.15) is 24.0 Å². The van der Waals surface area contributed by atoms with Crippen LogP contribution in [0, 0.1) is 25.2 Å². The molecule has 1 aromatic carbocycles. The Bertz CT molecular complexity index is 769. The van der Waals surface area contributed by atoms with Crippen molar-refractivity contribution < 1.29 is 17.9 Å². The van der Waals surface area contributed by atoms with E-state index in [1.165, 1.54) is 18.2 Å². The fourth-order valence-corrected chi connectivity index (χ4v) is 2.03. The Morgan fingerprint density at radius 1 is 1.21 bits per heavy atom. The van der Waals surface area contributed by atoms with Gasteiger partial charge in [0.2, 0.25) is 0 Å². The number of para-hydroxylation sites is 1. The summed E-state index contributed by atoms with van der Waals surface area (Å²) in [4.78, 5) is 0. The van der Waals surface area contributed by atoms with E-state index in [1.807, 2.05) is 6.07 Å². The standard InChI is InChI=1S/C16H15F3N4O/c1-10-11(2)22-23-15(12(10)9-20)21-7-8-24-14-6-4-3-5-13(14)16(17,18)19/h3-6H,7-8H2,1-2H3,(H,21,23). The van der Waals surface area contributed by atoms with Crippen LogP contribution in [0.4, 0.5) is 19.0 Å². The van der Waals surface area contributed by atoms with Crippen LogP contribution < -0.4 is 10.1 Å². The van der Waals surface area contributed by atoms with E-state index in [9.17, 15) is 18.4 Å². The molecule has 0 aliphatic rings.